The van der Waals surface area contributed by atoms with E-state index in [0.717, 1.165) is 18.2 Å². The number of nitrogens with one attached hydrogen (secondary N) is 2. The van der Waals surface area contributed by atoms with Gasteiger partial charge < -0.3 is 24.3 Å². The van der Waals surface area contributed by atoms with Crippen molar-refractivity contribution in [2.75, 3.05) is 26.6 Å². The van der Waals surface area contributed by atoms with Crippen molar-refractivity contribution in [3.63, 3.8) is 0 Å². The van der Waals surface area contributed by atoms with Crippen molar-refractivity contribution in [1.29, 1.82) is 0 Å². The minimum Gasteiger partial charge on any atom is -0.497 e. The van der Waals surface area contributed by atoms with Crippen LogP contribution in [0.25, 0.3) is 0 Å². The van der Waals surface area contributed by atoms with Crippen molar-refractivity contribution < 1.29 is 38.4 Å². The minimum absolute atomic E-state index is 0.0767. The van der Waals surface area contributed by atoms with Crippen LogP contribution in [0.3, 0.4) is 0 Å². The summed E-state index contributed by atoms with van der Waals surface area (Å²) in [5.41, 5.74) is 2.08. The van der Waals surface area contributed by atoms with Crippen molar-refractivity contribution in [3.8, 4) is 28.7 Å². The zero-order valence-corrected chi connectivity index (χ0v) is 21.6. The molecule has 3 aromatic carbocycles. The lowest BCUT2D eigenvalue weighted by atomic mass is 10.1. The Morgan fingerprint density at radius 3 is 2.10 bits per heavy atom. The van der Waals surface area contributed by atoms with Crippen LogP contribution in [-0.4, -0.2) is 48.7 Å². The molecule has 0 aliphatic heterocycles. The number of carbonyl (C=O) groups is 2. The van der Waals surface area contributed by atoms with Crippen LogP contribution in [0, 0.1) is 20.2 Å². The zero-order chi connectivity index (χ0) is 29.4. The first-order valence-electron chi connectivity index (χ1n) is 11.2. The SMILES string of the molecule is COc1ccc(NC(=O)C(=O)N/N=C(\C)c2ccc(Oc3ccc([N+](=O)[O-])cc3[N+](=O)[O-])c(OC)c2)c(OC)c1. The van der Waals surface area contributed by atoms with Gasteiger partial charge in [0.25, 0.3) is 5.69 Å². The highest BCUT2D eigenvalue weighted by atomic mass is 16.6. The van der Waals surface area contributed by atoms with Crippen molar-refractivity contribution in [3.05, 3.63) is 80.4 Å². The number of benzene rings is 3. The first kappa shape index (κ1) is 28.8. The summed E-state index contributed by atoms with van der Waals surface area (Å²) in [4.78, 5) is 45.4. The van der Waals surface area contributed by atoms with Crippen LogP contribution in [0.4, 0.5) is 17.1 Å². The van der Waals surface area contributed by atoms with Crippen LogP contribution in [0.5, 0.6) is 28.7 Å². The fraction of sp³-hybridized carbons (Fsp3) is 0.160. The van der Waals surface area contributed by atoms with Crippen molar-refractivity contribution >= 4 is 34.6 Å². The van der Waals surface area contributed by atoms with Crippen LogP contribution < -0.4 is 29.7 Å². The summed E-state index contributed by atoms with van der Waals surface area (Å²) in [5.74, 6) is -1.27. The number of rotatable bonds is 10. The Bertz CT molecular complexity index is 1510. The number of nitro groups is 2. The van der Waals surface area contributed by atoms with Gasteiger partial charge in [-0.1, -0.05) is 0 Å². The van der Waals surface area contributed by atoms with E-state index in [0.29, 0.717) is 11.3 Å². The largest absolute Gasteiger partial charge is 0.497 e. The second-order valence-corrected chi connectivity index (χ2v) is 7.79. The molecule has 2 amide bonds. The molecule has 0 aliphatic carbocycles. The standard InChI is InChI=1S/C25H23N5O10/c1-14(27-28-25(32)24(31)26-18-8-7-17(37-2)13-22(18)38-3)15-5-9-21(23(11-15)39-4)40-20-10-6-16(29(33)34)12-19(20)30(35)36/h5-13H,1-4H3,(H,26,31)(H,28,32)/b27-14+. The molecular formula is C25H23N5O10. The van der Waals surface area contributed by atoms with Crippen molar-refractivity contribution in [2.45, 2.75) is 6.92 Å². The number of methoxy groups -OCH3 is 3. The number of ether oxygens (including phenoxy) is 4. The number of non-ortho nitro benzene ring substituents is 1. The molecule has 0 fully saturated rings. The van der Waals surface area contributed by atoms with Gasteiger partial charge in [-0.15, -0.1) is 0 Å². The van der Waals surface area contributed by atoms with Gasteiger partial charge in [-0.25, -0.2) is 5.43 Å². The van der Waals surface area contributed by atoms with E-state index in [-0.39, 0.29) is 34.4 Å². The monoisotopic (exact) mass is 553 g/mol. The summed E-state index contributed by atoms with van der Waals surface area (Å²) < 4.78 is 21.2. The Balaban J connectivity index is 1.74. The molecule has 40 heavy (non-hydrogen) atoms. The van der Waals surface area contributed by atoms with Gasteiger partial charge in [0.05, 0.1) is 48.6 Å². The number of nitrogens with zero attached hydrogens (tertiary/aromatic N) is 3. The lowest BCUT2D eigenvalue weighted by molar-refractivity contribution is -0.394. The average Bonchev–Trinajstić information content (AvgIpc) is 2.95. The molecule has 0 radical (unpaired) electrons. The third kappa shape index (κ3) is 6.77. The fourth-order valence-corrected chi connectivity index (χ4v) is 3.27. The normalized spacial score (nSPS) is 10.8. The van der Waals surface area contributed by atoms with Gasteiger partial charge in [-0.05, 0) is 43.3 Å². The number of nitro benzene ring substituents is 2. The third-order valence-electron chi connectivity index (χ3n) is 5.34. The van der Waals surface area contributed by atoms with Gasteiger partial charge in [0.2, 0.25) is 5.75 Å². The molecule has 0 atom stereocenters. The highest BCUT2D eigenvalue weighted by Crippen LogP contribution is 2.38. The summed E-state index contributed by atoms with van der Waals surface area (Å²) in [6.07, 6.45) is 0. The molecule has 0 spiro atoms. The molecule has 0 saturated heterocycles. The summed E-state index contributed by atoms with van der Waals surface area (Å²) >= 11 is 0. The fourth-order valence-electron chi connectivity index (χ4n) is 3.27. The summed E-state index contributed by atoms with van der Waals surface area (Å²) in [5, 5.41) is 28.7. The van der Waals surface area contributed by atoms with E-state index in [1.165, 1.54) is 51.7 Å². The Hall–Kier alpha value is -5.73. The predicted octanol–water partition coefficient (Wildman–Crippen LogP) is 3.80. The summed E-state index contributed by atoms with van der Waals surface area (Å²) in [7, 11) is 4.21. The maximum absolute atomic E-state index is 12.3. The molecule has 0 bridgehead atoms. The summed E-state index contributed by atoms with van der Waals surface area (Å²) in [6, 6.07) is 12.1. The molecule has 0 aromatic heterocycles. The highest BCUT2D eigenvalue weighted by molar-refractivity contribution is 6.39. The zero-order valence-electron chi connectivity index (χ0n) is 21.6. The third-order valence-corrected chi connectivity index (χ3v) is 5.34. The molecule has 15 nitrogen and oxygen atoms in total. The maximum Gasteiger partial charge on any atom is 0.329 e. The second-order valence-electron chi connectivity index (χ2n) is 7.79. The molecule has 0 heterocycles. The summed E-state index contributed by atoms with van der Waals surface area (Å²) in [6.45, 7) is 1.56. The van der Waals surface area contributed by atoms with Gasteiger partial charge in [-0.2, -0.15) is 5.10 Å². The Morgan fingerprint density at radius 1 is 0.775 bits per heavy atom. The van der Waals surface area contributed by atoms with Gasteiger partial charge in [0, 0.05) is 17.7 Å². The molecular weight excluding hydrogens is 530 g/mol. The number of amides is 2. The molecule has 3 rings (SSSR count). The molecule has 0 unspecified atom stereocenters. The smallest absolute Gasteiger partial charge is 0.329 e. The van der Waals surface area contributed by atoms with Gasteiger partial charge >= 0.3 is 17.5 Å². The van der Waals surface area contributed by atoms with Gasteiger partial charge in [-0.3, -0.25) is 29.8 Å². The number of hydrogen-bond acceptors (Lipinski definition) is 11. The first-order valence-corrected chi connectivity index (χ1v) is 11.2. The number of anilines is 1. The van der Waals surface area contributed by atoms with Crippen molar-refractivity contribution in [1.82, 2.24) is 5.43 Å². The van der Waals surface area contributed by atoms with Crippen LogP contribution >= 0.6 is 0 Å². The van der Waals surface area contributed by atoms with E-state index in [4.69, 9.17) is 18.9 Å². The first-order chi connectivity index (χ1) is 19.1. The Kier molecular flexibility index (Phi) is 9.14. The molecule has 2 N–H and O–H groups in total. The van der Waals surface area contributed by atoms with Crippen LogP contribution in [0.15, 0.2) is 59.7 Å². The Labute approximate surface area is 226 Å². The molecule has 3 aromatic rings. The topological polar surface area (TPSA) is 194 Å². The van der Waals surface area contributed by atoms with Gasteiger partial charge in [0.1, 0.15) is 11.5 Å². The van der Waals surface area contributed by atoms with Crippen LogP contribution in [0.2, 0.25) is 0 Å². The molecule has 208 valence electrons. The lowest BCUT2D eigenvalue weighted by Crippen LogP contribution is -2.33. The van der Waals surface area contributed by atoms with E-state index in [1.54, 1.807) is 13.0 Å². The molecule has 0 saturated carbocycles. The van der Waals surface area contributed by atoms with Crippen LogP contribution in [0.1, 0.15) is 12.5 Å². The van der Waals surface area contributed by atoms with E-state index < -0.39 is 33.0 Å². The lowest BCUT2D eigenvalue weighted by Gasteiger charge is -2.12. The number of carbonyl (C=O) groups excluding carboxylic acids is 2. The highest BCUT2D eigenvalue weighted by Gasteiger charge is 2.22. The average molecular weight is 553 g/mol. The predicted molar refractivity (Wildman–Crippen MR) is 141 cm³/mol. The van der Waals surface area contributed by atoms with E-state index in [2.05, 4.69) is 15.8 Å². The van der Waals surface area contributed by atoms with E-state index in [9.17, 15) is 29.8 Å². The maximum atomic E-state index is 12.3. The minimum atomic E-state index is -1.05. The number of hydrogen-bond donors (Lipinski definition) is 2. The molecule has 15 heteroatoms. The van der Waals surface area contributed by atoms with Crippen molar-refractivity contribution in [2.24, 2.45) is 5.10 Å². The Morgan fingerprint density at radius 2 is 1.48 bits per heavy atom. The van der Waals surface area contributed by atoms with Crippen LogP contribution in [-0.2, 0) is 9.59 Å². The molecule has 0 aliphatic rings. The number of hydrazone groups is 1. The van der Waals surface area contributed by atoms with E-state index >= 15 is 0 Å². The second kappa shape index (κ2) is 12.7. The van der Waals surface area contributed by atoms with Gasteiger partial charge in [0.15, 0.2) is 11.5 Å². The van der Waals surface area contributed by atoms with E-state index in [1.807, 2.05) is 0 Å². The quantitative estimate of drug-likeness (QED) is 0.161.